The number of aromatic nitrogens is 1. The first-order chi connectivity index (χ1) is 11.0. The lowest BCUT2D eigenvalue weighted by atomic mass is 10.2. The highest BCUT2D eigenvalue weighted by atomic mass is 32.2. The molecule has 0 aliphatic carbocycles. The van der Waals surface area contributed by atoms with Crippen molar-refractivity contribution in [2.75, 3.05) is 11.6 Å². The van der Waals surface area contributed by atoms with Crippen LogP contribution in [0.3, 0.4) is 0 Å². The van der Waals surface area contributed by atoms with Gasteiger partial charge < -0.3 is 10.1 Å². The summed E-state index contributed by atoms with van der Waals surface area (Å²) in [5.41, 5.74) is 1.57. The molecule has 6 heteroatoms. The molecule has 0 unspecified atom stereocenters. The summed E-state index contributed by atoms with van der Waals surface area (Å²) in [5.74, 6) is -0.616. The summed E-state index contributed by atoms with van der Waals surface area (Å²) in [4.78, 5) is 28.2. The summed E-state index contributed by atoms with van der Waals surface area (Å²) in [7, 11) is 0. The van der Waals surface area contributed by atoms with Crippen LogP contribution in [-0.2, 0) is 4.74 Å². The van der Waals surface area contributed by atoms with Crippen molar-refractivity contribution in [2.24, 2.45) is 0 Å². The number of pyridine rings is 1. The third-order valence-corrected chi connectivity index (χ3v) is 3.64. The van der Waals surface area contributed by atoms with E-state index < -0.39 is 0 Å². The minimum absolute atomic E-state index is 0.169. The Morgan fingerprint density at radius 1 is 1.17 bits per heavy atom. The number of esters is 1. The third-order valence-electron chi connectivity index (χ3n) is 2.93. The monoisotopic (exact) mass is 330 g/mol. The largest absolute Gasteiger partial charge is 0.459 e. The molecule has 1 heterocycles. The molecule has 1 N–H and O–H groups in total. The normalized spacial score (nSPS) is 10.4. The smallest absolute Gasteiger partial charge is 0.338 e. The molecule has 0 aliphatic rings. The zero-order chi connectivity index (χ0) is 16.8. The Labute approximate surface area is 139 Å². The van der Waals surface area contributed by atoms with E-state index in [1.165, 1.54) is 11.8 Å². The van der Waals surface area contributed by atoms with Crippen LogP contribution in [-0.4, -0.2) is 29.2 Å². The highest BCUT2D eigenvalue weighted by Gasteiger charge is 2.13. The molecule has 2 rings (SSSR count). The van der Waals surface area contributed by atoms with Gasteiger partial charge in [0.05, 0.1) is 17.2 Å². The first-order valence-corrected chi connectivity index (χ1v) is 8.35. The number of hydrogen-bond donors (Lipinski definition) is 1. The number of amides is 1. The first-order valence-electron chi connectivity index (χ1n) is 7.12. The number of ether oxygens (including phenoxy) is 1. The Morgan fingerprint density at radius 3 is 2.48 bits per heavy atom. The summed E-state index contributed by atoms with van der Waals surface area (Å²) < 4.78 is 5.12. The molecule has 0 fully saturated rings. The Bertz CT molecular complexity index is 699. The number of rotatable bonds is 5. The molecular weight excluding hydrogens is 312 g/mol. The van der Waals surface area contributed by atoms with E-state index in [1.807, 2.05) is 6.26 Å². The van der Waals surface area contributed by atoms with Crippen LogP contribution in [0.5, 0.6) is 0 Å². The van der Waals surface area contributed by atoms with Crippen LogP contribution >= 0.6 is 11.8 Å². The number of nitrogens with one attached hydrogen (secondary N) is 1. The van der Waals surface area contributed by atoms with Gasteiger partial charge in [0, 0.05) is 11.9 Å². The van der Waals surface area contributed by atoms with Crippen LogP contribution < -0.4 is 5.32 Å². The summed E-state index contributed by atoms with van der Waals surface area (Å²) in [6.07, 6.45) is 3.35. The predicted octanol–water partition coefficient (Wildman–Crippen LogP) is 3.62. The lowest BCUT2D eigenvalue weighted by Crippen LogP contribution is -2.14. The molecule has 2 aromatic rings. The molecule has 120 valence electrons. The van der Waals surface area contributed by atoms with Crippen LogP contribution in [0.25, 0.3) is 0 Å². The van der Waals surface area contributed by atoms with Gasteiger partial charge in [-0.3, -0.25) is 4.79 Å². The molecule has 1 aromatic heterocycles. The van der Waals surface area contributed by atoms with E-state index in [-0.39, 0.29) is 18.0 Å². The number of thioether (sulfide) groups is 1. The van der Waals surface area contributed by atoms with Gasteiger partial charge in [-0.1, -0.05) is 0 Å². The van der Waals surface area contributed by atoms with Gasteiger partial charge in [-0.05, 0) is 56.5 Å². The Kier molecular flexibility index (Phi) is 5.76. The van der Waals surface area contributed by atoms with Gasteiger partial charge in [0.15, 0.2) is 0 Å². The van der Waals surface area contributed by atoms with Crippen molar-refractivity contribution in [1.29, 1.82) is 0 Å². The number of anilines is 1. The second-order valence-corrected chi connectivity index (χ2v) is 5.84. The molecule has 0 aliphatic heterocycles. The van der Waals surface area contributed by atoms with E-state index in [4.69, 9.17) is 4.74 Å². The van der Waals surface area contributed by atoms with Crippen molar-refractivity contribution in [1.82, 2.24) is 4.98 Å². The SMILES string of the molecule is CSc1ncccc1C(=O)Nc1ccc(C(=O)OC(C)C)cc1. The second kappa shape index (κ2) is 7.78. The van der Waals surface area contributed by atoms with Crippen molar-refractivity contribution in [3.8, 4) is 0 Å². The number of carbonyl (C=O) groups excluding carboxylic acids is 2. The molecule has 0 atom stereocenters. The number of hydrogen-bond acceptors (Lipinski definition) is 5. The molecule has 1 aromatic carbocycles. The van der Waals surface area contributed by atoms with E-state index >= 15 is 0 Å². The number of nitrogens with zero attached hydrogens (tertiary/aromatic N) is 1. The van der Waals surface area contributed by atoms with Crippen molar-refractivity contribution in [3.63, 3.8) is 0 Å². The minimum Gasteiger partial charge on any atom is -0.459 e. The maximum atomic E-state index is 12.3. The molecule has 23 heavy (non-hydrogen) atoms. The first kappa shape index (κ1) is 17.0. The van der Waals surface area contributed by atoms with Gasteiger partial charge >= 0.3 is 5.97 Å². The van der Waals surface area contributed by atoms with E-state index in [0.29, 0.717) is 21.8 Å². The van der Waals surface area contributed by atoms with Gasteiger partial charge in [-0.25, -0.2) is 9.78 Å². The molecule has 0 spiro atoms. The van der Waals surface area contributed by atoms with Crippen LogP contribution in [0.15, 0.2) is 47.6 Å². The van der Waals surface area contributed by atoms with E-state index in [2.05, 4.69) is 10.3 Å². The van der Waals surface area contributed by atoms with Crippen molar-refractivity contribution >= 4 is 29.3 Å². The predicted molar refractivity (Wildman–Crippen MR) is 91.0 cm³/mol. The molecular formula is C17H18N2O3S. The second-order valence-electron chi connectivity index (χ2n) is 5.05. The summed E-state index contributed by atoms with van der Waals surface area (Å²) in [6.45, 7) is 3.59. The van der Waals surface area contributed by atoms with Crippen LogP contribution in [0, 0.1) is 0 Å². The molecule has 0 radical (unpaired) electrons. The van der Waals surface area contributed by atoms with Crippen molar-refractivity contribution in [2.45, 2.75) is 25.0 Å². The quantitative estimate of drug-likeness (QED) is 0.670. The minimum atomic E-state index is -0.380. The topological polar surface area (TPSA) is 68.3 Å². The Balaban J connectivity index is 2.09. The number of carbonyl (C=O) groups is 2. The lowest BCUT2D eigenvalue weighted by molar-refractivity contribution is 0.0378. The van der Waals surface area contributed by atoms with E-state index in [9.17, 15) is 9.59 Å². The summed E-state index contributed by atoms with van der Waals surface area (Å²) in [5, 5.41) is 3.46. The third kappa shape index (κ3) is 4.56. The maximum Gasteiger partial charge on any atom is 0.338 e. The highest BCUT2D eigenvalue weighted by Crippen LogP contribution is 2.19. The molecule has 0 saturated heterocycles. The zero-order valence-electron chi connectivity index (χ0n) is 13.2. The lowest BCUT2D eigenvalue weighted by Gasteiger charge is -2.10. The molecule has 0 saturated carbocycles. The van der Waals surface area contributed by atoms with Crippen molar-refractivity contribution < 1.29 is 14.3 Å². The van der Waals surface area contributed by atoms with Crippen LogP contribution in [0.1, 0.15) is 34.6 Å². The van der Waals surface area contributed by atoms with Gasteiger partial charge in [0.2, 0.25) is 0 Å². The molecule has 1 amide bonds. The van der Waals surface area contributed by atoms with Gasteiger partial charge in [-0.15, -0.1) is 11.8 Å². The molecule has 5 nitrogen and oxygen atoms in total. The number of benzene rings is 1. The summed E-state index contributed by atoms with van der Waals surface area (Å²) >= 11 is 1.41. The fourth-order valence-corrected chi connectivity index (χ4v) is 2.44. The Morgan fingerprint density at radius 2 is 1.87 bits per heavy atom. The van der Waals surface area contributed by atoms with Crippen LogP contribution in [0.2, 0.25) is 0 Å². The average Bonchev–Trinajstić information content (AvgIpc) is 2.54. The van der Waals surface area contributed by atoms with E-state index in [1.54, 1.807) is 56.4 Å². The Hall–Kier alpha value is -2.34. The highest BCUT2D eigenvalue weighted by molar-refractivity contribution is 7.98. The van der Waals surface area contributed by atoms with Gasteiger partial charge in [0.25, 0.3) is 5.91 Å². The molecule has 0 bridgehead atoms. The van der Waals surface area contributed by atoms with Gasteiger partial charge in [0.1, 0.15) is 5.03 Å². The fourth-order valence-electron chi connectivity index (χ4n) is 1.90. The zero-order valence-corrected chi connectivity index (χ0v) is 14.0. The van der Waals surface area contributed by atoms with Crippen molar-refractivity contribution in [3.05, 3.63) is 53.7 Å². The average molecular weight is 330 g/mol. The summed E-state index contributed by atoms with van der Waals surface area (Å²) in [6, 6.07) is 10.0. The van der Waals surface area contributed by atoms with Gasteiger partial charge in [-0.2, -0.15) is 0 Å². The van der Waals surface area contributed by atoms with Crippen LogP contribution in [0.4, 0.5) is 5.69 Å². The van der Waals surface area contributed by atoms with E-state index in [0.717, 1.165) is 0 Å². The maximum absolute atomic E-state index is 12.3. The fraction of sp³-hybridized carbons (Fsp3) is 0.235. The standard InChI is InChI=1S/C17H18N2O3S/c1-11(2)22-17(21)12-6-8-13(9-7-12)19-15(20)14-5-4-10-18-16(14)23-3/h4-11H,1-3H3,(H,19,20).